The second kappa shape index (κ2) is 6.59. The molecule has 0 saturated heterocycles. The lowest BCUT2D eigenvalue weighted by atomic mass is 10.2. The quantitative estimate of drug-likeness (QED) is 0.696. The average molecular weight is 289 g/mol. The van der Waals surface area contributed by atoms with Gasteiger partial charge in [-0.1, -0.05) is 41.5 Å². The van der Waals surface area contributed by atoms with Crippen molar-refractivity contribution in [1.29, 1.82) is 0 Å². The van der Waals surface area contributed by atoms with Gasteiger partial charge in [-0.25, -0.2) is 4.68 Å². The smallest absolute Gasteiger partial charge is 0.155 e. The van der Waals surface area contributed by atoms with Crippen molar-refractivity contribution in [2.24, 2.45) is 0 Å². The normalized spacial score (nSPS) is 9.86. The number of benzene rings is 2. The van der Waals surface area contributed by atoms with E-state index >= 15 is 0 Å². The third-order valence-electron chi connectivity index (χ3n) is 3.15. The van der Waals surface area contributed by atoms with Gasteiger partial charge in [0.1, 0.15) is 5.75 Å². The van der Waals surface area contributed by atoms with Gasteiger partial charge < -0.3 is 4.74 Å². The molecule has 0 saturated carbocycles. The first-order chi connectivity index (χ1) is 10.8. The minimum Gasteiger partial charge on any atom is -0.497 e. The minimum atomic E-state index is 0.659. The lowest BCUT2D eigenvalue weighted by Crippen LogP contribution is -1.99. The van der Waals surface area contributed by atoms with Crippen LogP contribution < -0.4 is 4.74 Å². The van der Waals surface area contributed by atoms with Crippen molar-refractivity contribution in [3.63, 3.8) is 0 Å². The zero-order valence-electron chi connectivity index (χ0n) is 12.2. The molecule has 0 atom stereocenters. The molecule has 0 N–H and O–H groups in total. The Labute approximate surface area is 129 Å². The van der Waals surface area contributed by atoms with E-state index in [2.05, 4.69) is 34.3 Å². The van der Waals surface area contributed by atoms with E-state index in [1.165, 1.54) is 5.56 Å². The second-order valence-corrected chi connectivity index (χ2v) is 4.77. The lowest BCUT2D eigenvalue weighted by molar-refractivity contribution is 0.415. The third-order valence-corrected chi connectivity index (χ3v) is 3.15. The van der Waals surface area contributed by atoms with Gasteiger partial charge in [0.15, 0.2) is 5.69 Å². The Morgan fingerprint density at radius 3 is 2.50 bits per heavy atom. The number of rotatable bonds is 3. The molecule has 0 unspecified atom stereocenters. The SMILES string of the molecule is COc1ccc(C#Cc2cn(Cc3ccccc3)nn2)cc1. The molecule has 1 heterocycles. The van der Waals surface area contributed by atoms with Crippen LogP contribution in [0.4, 0.5) is 0 Å². The number of aromatic nitrogens is 3. The Morgan fingerprint density at radius 2 is 1.77 bits per heavy atom. The first-order valence-electron chi connectivity index (χ1n) is 6.93. The Morgan fingerprint density at radius 1 is 1.00 bits per heavy atom. The van der Waals surface area contributed by atoms with Crippen LogP contribution in [-0.2, 0) is 6.54 Å². The highest BCUT2D eigenvalue weighted by molar-refractivity contribution is 5.41. The standard InChI is InChI=1S/C18H15N3O/c1-22-18-11-8-15(9-12-18)7-10-17-14-21(20-19-17)13-16-5-3-2-4-6-16/h2-6,8-9,11-12,14H,13H2,1H3. The van der Waals surface area contributed by atoms with E-state index in [0.29, 0.717) is 12.2 Å². The molecule has 108 valence electrons. The maximum absolute atomic E-state index is 5.12. The summed E-state index contributed by atoms with van der Waals surface area (Å²) >= 11 is 0. The molecule has 3 aromatic rings. The Bertz CT molecular complexity index is 796. The van der Waals surface area contributed by atoms with Gasteiger partial charge in [0.2, 0.25) is 0 Å². The van der Waals surface area contributed by atoms with E-state index < -0.39 is 0 Å². The van der Waals surface area contributed by atoms with Gasteiger partial charge in [0, 0.05) is 5.56 Å². The molecule has 22 heavy (non-hydrogen) atoms. The Balaban J connectivity index is 1.70. The fourth-order valence-electron chi connectivity index (χ4n) is 2.01. The largest absolute Gasteiger partial charge is 0.497 e. The fraction of sp³-hybridized carbons (Fsp3) is 0.111. The fourth-order valence-corrected chi connectivity index (χ4v) is 2.01. The average Bonchev–Trinajstić information content (AvgIpc) is 3.02. The molecule has 0 radical (unpaired) electrons. The van der Waals surface area contributed by atoms with Crippen LogP contribution in [0.5, 0.6) is 5.75 Å². The van der Waals surface area contributed by atoms with Crippen LogP contribution in [0.15, 0.2) is 60.8 Å². The molecule has 4 heteroatoms. The van der Waals surface area contributed by atoms with Crippen LogP contribution in [0.1, 0.15) is 16.8 Å². The maximum Gasteiger partial charge on any atom is 0.155 e. The minimum absolute atomic E-state index is 0.659. The summed E-state index contributed by atoms with van der Waals surface area (Å²) in [7, 11) is 1.64. The van der Waals surface area contributed by atoms with Crippen LogP contribution in [0, 0.1) is 11.8 Å². The molecule has 3 rings (SSSR count). The molecule has 0 spiro atoms. The van der Waals surface area contributed by atoms with Gasteiger partial charge in [0.25, 0.3) is 0 Å². The van der Waals surface area contributed by atoms with Crippen molar-refractivity contribution in [3.8, 4) is 17.6 Å². The third kappa shape index (κ3) is 3.53. The molecule has 4 nitrogen and oxygen atoms in total. The van der Waals surface area contributed by atoms with E-state index in [1.54, 1.807) is 11.8 Å². The summed E-state index contributed by atoms with van der Waals surface area (Å²) in [6, 6.07) is 17.7. The Kier molecular flexibility index (Phi) is 4.17. The number of ether oxygens (including phenoxy) is 1. The van der Waals surface area contributed by atoms with Crippen molar-refractivity contribution in [2.75, 3.05) is 7.11 Å². The van der Waals surface area contributed by atoms with Gasteiger partial charge >= 0.3 is 0 Å². The highest BCUT2D eigenvalue weighted by Gasteiger charge is 1.99. The van der Waals surface area contributed by atoms with Gasteiger partial charge in [0.05, 0.1) is 19.9 Å². The Hall–Kier alpha value is -3.06. The highest BCUT2D eigenvalue weighted by atomic mass is 16.5. The molecular formula is C18H15N3O. The van der Waals surface area contributed by atoms with E-state index in [-0.39, 0.29) is 0 Å². The molecule has 0 amide bonds. The van der Waals surface area contributed by atoms with Crippen LogP contribution in [0.25, 0.3) is 0 Å². The second-order valence-electron chi connectivity index (χ2n) is 4.77. The first-order valence-corrected chi connectivity index (χ1v) is 6.93. The summed E-state index contributed by atoms with van der Waals surface area (Å²) in [5.74, 6) is 6.91. The van der Waals surface area contributed by atoms with Crippen LogP contribution >= 0.6 is 0 Å². The summed E-state index contributed by atoms with van der Waals surface area (Å²) in [4.78, 5) is 0. The van der Waals surface area contributed by atoms with Crippen LogP contribution in [0.3, 0.4) is 0 Å². The van der Waals surface area contributed by atoms with E-state index in [0.717, 1.165) is 11.3 Å². The van der Waals surface area contributed by atoms with Crippen molar-refractivity contribution >= 4 is 0 Å². The van der Waals surface area contributed by atoms with Crippen molar-refractivity contribution in [2.45, 2.75) is 6.54 Å². The summed E-state index contributed by atoms with van der Waals surface area (Å²) in [6.45, 7) is 0.693. The molecule has 0 aliphatic rings. The molecular weight excluding hydrogens is 274 g/mol. The predicted octanol–water partition coefficient (Wildman–Crippen LogP) is 2.73. The van der Waals surface area contributed by atoms with E-state index in [4.69, 9.17) is 4.74 Å². The van der Waals surface area contributed by atoms with Gasteiger partial charge in [-0.15, -0.1) is 5.10 Å². The zero-order valence-corrected chi connectivity index (χ0v) is 12.2. The molecule has 2 aromatic carbocycles. The van der Waals surface area contributed by atoms with Crippen molar-refractivity contribution in [1.82, 2.24) is 15.0 Å². The maximum atomic E-state index is 5.12. The molecule has 1 aromatic heterocycles. The monoisotopic (exact) mass is 289 g/mol. The summed E-state index contributed by atoms with van der Waals surface area (Å²) in [5, 5.41) is 8.17. The summed E-state index contributed by atoms with van der Waals surface area (Å²) in [6.07, 6.45) is 1.85. The zero-order chi connectivity index (χ0) is 15.2. The van der Waals surface area contributed by atoms with E-state index in [9.17, 15) is 0 Å². The molecule has 0 aliphatic carbocycles. The van der Waals surface area contributed by atoms with Crippen LogP contribution in [0.2, 0.25) is 0 Å². The van der Waals surface area contributed by atoms with E-state index in [1.807, 2.05) is 48.7 Å². The molecule has 0 aliphatic heterocycles. The van der Waals surface area contributed by atoms with Gasteiger partial charge in [-0.3, -0.25) is 0 Å². The number of methoxy groups -OCH3 is 1. The van der Waals surface area contributed by atoms with Crippen molar-refractivity contribution in [3.05, 3.63) is 77.6 Å². The van der Waals surface area contributed by atoms with Gasteiger partial charge in [-0.2, -0.15) is 0 Å². The van der Waals surface area contributed by atoms with Crippen LogP contribution in [-0.4, -0.2) is 22.1 Å². The number of hydrogen-bond acceptors (Lipinski definition) is 3. The molecule has 0 bridgehead atoms. The first kappa shape index (κ1) is 13.9. The number of hydrogen-bond donors (Lipinski definition) is 0. The lowest BCUT2D eigenvalue weighted by Gasteiger charge is -1.98. The highest BCUT2D eigenvalue weighted by Crippen LogP contribution is 2.10. The predicted molar refractivity (Wildman–Crippen MR) is 84.5 cm³/mol. The molecule has 0 fully saturated rings. The summed E-state index contributed by atoms with van der Waals surface area (Å²) < 4.78 is 6.90. The van der Waals surface area contributed by atoms with Gasteiger partial charge in [-0.05, 0) is 35.7 Å². The number of nitrogens with zero attached hydrogens (tertiary/aromatic N) is 3. The topological polar surface area (TPSA) is 39.9 Å². The van der Waals surface area contributed by atoms with Crippen molar-refractivity contribution < 1.29 is 4.74 Å². The summed E-state index contributed by atoms with van der Waals surface area (Å²) in [5.41, 5.74) is 2.76.